The van der Waals surface area contributed by atoms with E-state index in [-0.39, 0.29) is 5.75 Å². The molecule has 32 heavy (non-hydrogen) atoms. The highest BCUT2D eigenvalue weighted by Gasteiger charge is 2.18. The molecule has 0 atom stereocenters. The molecule has 0 saturated heterocycles. The maximum Gasteiger partial charge on any atom is 0.289 e. The van der Waals surface area contributed by atoms with Crippen molar-refractivity contribution in [3.05, 3.63) is 77.0 Å². The first-order valence-electron chi connectivity index (χ1n) is 10.5. The second-order valence-electron chi connectivity index (χ2n) is 7.64. The SMILES string of the molecule is CCOc1cc(C=NNC(=O)c2cc(-c3ccc4c5c(cccc35)CC4)n[nH]2)ccc1O. The van der Waals surface area contributed by atoms with E-state index in [0.29, 0.717) is 23.6 Å². The zero-order chi connectivity index (χ0) is 22.1. The average Bonchev–Trinajstić information content (AvgIpc) is 3.45. The van der Waals surface area contributed by atoms with Crippen LogP contribution in [0, 0.1) is 0 Å². The number of phenols is 1. The smallest absolute Gasteiger partial charge is 0.289 e. The molecule has 0 radical (unpaired) electrons. The Morgan fingerprint density at radius 2 is 2.03 bits per heavy atom. The molecule has 4 aromatic rings. The fraction of sp³-hybridized carbons (Fsp3) is 0.160. The van der Waals surface area contributed by atoms with Gasteiger partial charge in [-0.1, -0.05) is 30.3 Å². The Hall–Kier alpha value is -4.13. The Morgan fingerprint density at radius 3 is 2.88 bits per heavy atom. The number of carbonyl (C=O) groups is 1. The van der Waals surface area contributed by atoms with Crippen LogP contribution in [0.1, 0.15) is 34.1 Å². The average molecular weight is 426 g/mol. The van der Waals surface area contributed by atoms with Crippen LogP contribution in [0.2, 0.25) is 0 Å². The number of aromatic nitrogens is 2. The van der Waals surface area contributed by atoms with E-state index in [1.54, 1.807) is 18.2 Å². The van der Waals surface area contributed by atoms with Gasteiger partial charge in [-0.05, 0) is 71.5 Å². The van der Waals surface area contributed by atoms with Crippen LogP contribution < -0.4 is 10.2 Å². The van der Waals surface area contributed by atoms with Gasteiger partial charge in [0.2, 0.25) is 0 Å². The van der Waals surface area contributed by atoms with Gasteiger partial charge in [-0.25, -0.2) is 5.43 Å². The summed E-state index contributed by atoms with van der Waals surface area (Å²) >= 11 is 0. The number of aromatic amines is 1. The number of hydrazone groups is 1. The Bertz CT molecular complexity index is 1350. The van der Waals surface area contributed by atoms with Gasteiger partial charge in [-0.2, -0.15) is 10.2 Å². The quantitative estimate of drug-likeness (QED) is 0.318. The summed E-state index contributed by atoms with van der Waals surface area (Å²) in [7, 11) is 0. The van der Waals surface area contributed by atoms with Crippen molar-refractivity contribution in [2.24, 2.45) is 5.10 Å². The monoisotopic (exact) mass is 426 g/mol. The summed E-state index contributed by atoms with van der Waals surface area (Å²) in [5.41, 5.74) is 7.95. The molecule has 1 amide bonds. The van der Waals surface area contributed by atoms with Crippen molar-refractivity contribution in [3.63, 3.8) is 0 Å². The maximum atomic E-state index is 12.5. The number of hydrogen-bond donors (Lipinski definition) is 3. The van der Waals surface area contributed by atoms with Gasteiger partial charge in [0.05, 0.1) is 18.5 Å². The molecule has 160 valence electrons. The normalized spacial score (nSPS) is 12.5. The van der Waals surface area contributed by atoms with Crippen LogP contribution in [0.15, 0.2) is 59.7 Å². The van der Waals surface area contributed by atoms with Crippen molar-refractivity contribution >= 4 is 22.9 Å². The standard InChI is InChI=1S/C25H22N4O3/c1-2-32-23-12-15(6-11-22(23)30)14-26-29-25(31)21-13-20(27-28-21)18-10-9-17-8-7-16-4-3-5-19(18)24(16)17/h3-6,9-14,30H,2,7-8H2,1H3,(H,27,28)(H,29,31). The van der Waals surface area contributed by atoms with E-state index in [4.69, 9.17) is 4.74 Å². The highest BCUT2D eigenvalue weighted by Crippen LogP contribution is 2.36. The highest BCUT2D eigenvalue weighted by atomic mass is 16.5. The summed E-state index contributed by atoms with van der Waals surface area (Å²) in [6.45, 7) is 2.27. The maximum absolute atomic E-state index is 12.5. The topological polar surface area (TPSA) is 99.6 Å². The number of phenolic OH excluding ortho intramolecular Hbond substituents is 1. The lowest BCUT2D eigenvalue weighted by molar-refractivity contribution is 0.0950. The van der Waals surface area contributed by atoms with E-state index < -0.39 is 5.91 Å². The van der Waals surface area contributed by atoms with Crippen molar-refractivity contribution in [1.29, 1.82) is 0 Å². The Labute approximate surface area is 184 Å². The predicted octanol–water partition coefficient (Wildman–Crippen LogP) is 4.20. The number of H-pyrrole nitrogens is 1. The highest BCUT2D eigenvalue weighted by molar-refractivity contribution is 6.02. The molecular formula is C25H22N4O3. The molecule has 5 rings (SSSR count). The minimum Gasteiger partial charge on any atom is -0.504 e. The number of aromatic hydroxyl groups is 1. The third-order valence-electron chi connectivity index (χ3n) is 5.64. The summed E-state index contributed by atoms with van der Waals surface area (Å²) < 4.78 is 5.36. The first kappa shape index (κ1) is 19.8. The van der Waals surface area contributed by atoms with E-state index in [9.17, 15) is 9.90 Å². The van der Waals surface area contributed by atoms with E-state index in [1.165, 1.54) is 28.8 Å². The van der Waals surface area contributed by atoms with Crippen LogP contribution in [0.25, 0.3) is 22.0 Å². The van der Waals surface area contributed by atoms with Gasteiger partial charge in [0.1, 0.15) is 5.69 Å². The molecule has 1 aliphatic carbocycles. The van der Waals surface area contributed by atoms with E-state index >= 15 is 0 Å². The molecule has 1 aliphatic rings. The zero-order valence-electron chi connectivity index (χ0n) is 17.6. The van der Waals surface area contributed by atoms with Crippen molar-refractivity contribution in [2.75, 3.05) is 6.61 Å². The zero-order valence-corrected chi connectivity index (χ0v) is 17.6. The van der Waals surface area contributed by atoms with Gasteiger partial charge in [-0.15, -0.1) is 0 Å². The second kappa shape index (κ2) is 8.19. The van der Waals surface area contributed by atoms with Gasteiger partial charge in [0.15, 0.2) is 11.5 Å². The molecule has 0 bridgehead atoms. The predicted molar refractivity (Wildman–Crippen MR) is 123 cm³/mol. The van der Waals surface area contributed by atoms with Crippen molar-refractivity contribution < 1.29 is 14.6 Å². The third-order valence-corrected chi connectivity index (χ3v) is 5.64. The summed E-state index contributed by atoms with van der Waals surface area (Å²) in [4.78, 5) is 12.5. The molecule has 3 N–H and O–H groups in total. The van der Waals surface area contributed by atoms with Gasteiger partial charge in [0.25, 0.3) is 5.91 Å². The molecule has 0 unspecified atom stereocenters. The van der Waals surface area contributed by atoms with Crippen LogP contribution in [0.4, 0.5) is 0 Å². The van der Waals surface area contributed by atoms with Gasteiger partial charge >= 0.3 is 0 Å². The van der Waals surface area contributed by atoms with Crippen LogP contribution in [0.5, 0.6) is 11.5 Å². The molecule has 7 nitrogen and oxygen atoms in total. The molecule has 7 heteroatoms. The summed E-state index contributed by atoms with van der Waals surface area (Å²) in [5.74, 6) is 0.0298. The van der Waals surface area contributed by atoms with E-state index in [0.717, 1.165) is 29.5 Å². The molecule has 0 saturated carbocycles. The Kier molecular flexibility index (Phi) is 5.07. The number of hydrogen-bond acceptors (Lipinski definition) is 5. The number of amides is 1. The van der Waals surface area contributed by atoms with Crippen LogP contribution in [-0.2, 0) is 12.8 Å². The molecule has 0 fully saturated rings. The molecule has 1 aromatic heterocycles. The van der Waals surface area contributed by atoms with E-state index in [1.807, 2.05) is 6.92 Å². The third kappa shape index (κ3) is 3.58. The van der Waals surface area contributed by atoms with Gasteiger partial charge < -0.3 is 9.84 Å². The molecular weight excluding hydrogens is 404 g/mol. The lowest BCUT2D eigenvalue weighted by Gasteiger charge is -2.06. The van der Waals surface area contributed by atoms with Crippen LogP contribution >= 0.6 is 0 Å². The summed E-state index contributed by atoms with van der Waals surface area (Å²) in [5, 5.41) is 23.4. The number of rotatable bonds is 6. The summed E-state index contributed by atoms with van der Waals surface area (Å²) in [6.07, 6.45) is 3.62. The lowest BCUT2D eigenvalue weighted by Crippen LogP contribution is -2.18. The van der Waals surface area contributed by atoms with E-state index in [2.05, 4.69) is 51.1 Å². The van der Waals surface area contributed by atoms with Crippen LogP contribution in [-0.4, -0.2) is 34.0 Å². The van der Waals surface area contributed by atoms with Crippen LogP contribution in [0.3, 0.4) is 0 Å². The Morgan fingerprint density at radius 1 is 1.19 bits per heavy atom. The lowest BCUT2D eigenvalue weighted by atomic mass is 9.98. The van der Waals surface area contributed by atoms with Crippen molar-refractivity contribution in [3.8, 4) is 22.8 Å². The number of carbonyl (C=O) groups excluding carboxylic acids is 1. The number of ether oxygens (including phenoxy) is 1. The molecule has 1 heterocycles. The van der Waals surface area contributed by atoms with Crippen molar-refractivity contribution in [1.82, 2.24) is 15.6 Å². The molecule has 3 aromatic carbocycles. The first-order chi connectivity index (χ1) is 15.6. The Balaban J connectivity index is 1.34. The van der Waals surface area contributed by atoms with Crippen molar-refractivity contribution in [2.45, 2.75) is 19.8 Å². The van der Waals surface area contributed by atoms with Gasteiger partial charge in [-0.3, -0.25) is 9.89 Å². The number of nitrogens with one attached hydrogen (secondary N) is 2. The molecule has 0 aliphatic heterocycles. The first-order valence-corrected chi connectivity index (χ1v) is 10.5. The fourth-order valence-corrected chi connectivity index (χ4v) is 4.15. The fourth-order valence-electron chi connectivity index (χ4n) is 4.15. The minimum atomic E-state index is -0.394. The minimum absolute atomic E-state index is 0.0565. The number of benzene rings is 3. The largest absolute Gasteiger partial charge is 0.504 e. The number of nitrogens with zero attached hydrogens (tertiary/aromatic N) is 2. The summed E-state index contributed by atoms with van der Waals surface area (Å²) in [6, 6.07) is 17.2. The number of aryl methyl sites for hydroxylation is 2. The molecule has 0 spiro atoms. The second-order valence-corrected chi connectivity index (χ2v) is 7.64. The van der Waals surface area contributed by atoms with Gasteiger partial charge in [0, 0.05) is 5.56 Å².